The summed E-state index contributed by atoms with van der Waals surface area (Å²) < 4.78 is 35.8. The molecule has 0 bridgehead atoms. The highest BCUT2D eigenvalue weighted by Crippen LogP contribution is 2.41. The summed E-state index contributed by atoms with van der Waals surface area (Å²) in [5.74, 6) is -0.643. The SMILES string of the molecule is CC(C)CCOC1C(C2COC(C)(C)O2)OC2OC(C)(C)OC21. The highest BCUT2D eigenvalue weighted by atomic mass is 16.8. The predicted molar refractivity (Wildman–Crippen MR) is 82.8 cm³/mol. The van der Waals surface area contributed by atoms with Crippen LogP contribution in [0.5, 0.6) is 0 Å². The zero-order chi connectivity index (χ0) is 16.8. The maximum atomic E-state index is 6.15. The Morgan fingerprint density at radius 3 is 2.35 bits per heavy atom. The van der Waals surface area contributed by atoms with Gasteiger partial charge >= 0.3 is 0 Å². The second kappa shape index (κ2) is 6.24. The fourth-order valence-corrected chi connectivity index (χ4v) is 3.31. The molecule has 0 N–H and O–H groups in total. The Hall–Kier alpha value is -0.240. The van der Waals surface area contributed by atoms with Crippen molar-refractivity contribution in [2.45, 2.75) is 90.2 Å². The topological polar surface area (TPSA) is 55.4 Å². The third-order valence-corrected chi connectivity index (χ3v) is 4.43. The number of rotatable bonds is 5. The third-order valence-electron chi connectivity index (χ3n) is 4.43. The van der Waals surface area contributed by atoms with Crippen LogP contribution >= 0.6 is 0 Å². The molecular formula is C17H30O6. The van der Waals surface area contributed by atoms with Crippen molar-refractivity contribution in [1.29, 1.82) is 0 Å². The van der Waals surface area contributed by atoms with Crippen molar-refractivity contribution >= 4 is 0 Å². The van der Waals surface area contributed by atoms with E-state index in [0.717, 1.165) is 6.42 Å². The van der Waals surface area contributed by atoms with Gasteiger partial charge in [-0.1, -0.05) is 13.8 Å². The van der Waals surface area contributed by atoms with Crippen molar-refractivity contribution in [2.24, 2.45) is 5.92 Å². The second-order valence-electron chi connectivity index (χ2n) is 7.95. The van der Waals surface area contributed by atoms with E-state index in [2.05, 4.69) is 13.8 Å². The zero-order valence-corrected chi connectivity index (χ0v) is 15.0. The molecule has 0 aromatic heterocycles. The van der Waals surface area contributed by atoms with Crippen LogP contribution in [0.25, 0.3) is 0 Å². The van der Waals surface area contributed by atoms with Crippen LogP contribution in [-0.2, 0) is 28.4 Å². The van der Waals surface area contributed by atoms with E-state index in [1.54, 1.807) is 0 Å². The van der Waals surface area contributed by atoms with Crippen molar-refractivity contribution in [3.8, 4) is 0 Å². The molecule has 0 aromatic rings. The molecule has 0 aromatic carbocycles. The van der Waals surface area contributed by atoms with E-state index in [1.165, 1.54) is 0 Å². The molecule has 0 saturated carbocycles. The molecular weight excluding hydrogens is 300 g/mol. The zero-order valence-electron chi connectivity index (χ0n) is 15.0. The van der Waals surface area contributed by atoms with E-state index in [-0.39, 0.29) is 24.4 Å². The standard InChI is InChI=1S/C17H30O6/c1-10(2)7-8-18-13-12(11-9-19-16(3,4)21-11)20-15-14(13)22-17(5,6)23-15/h10-15H,7-9H2,1-6H3. The molecule has 3 fully saturated rings. The molecule has 0 aliphatic carbocycles. The molecule has 6 heteroatoms. The Morgan fingerprint density at radius 1 is 1.00 bits per heavy atom. The van der Waals surface area contributed by atoms with E-state index in [0.29, 0.717) is 19.1 Å². The summed E-state index contributed by atoms with van der Waals surface area (Å²) in [6.45, 7) is 13.1. The summed E-state index contributed by atoms with van der Waals surface area (Å²) in [5, 5.41) is 0. The van der Waals surface area contributed by atoms with E-state index in [1.807, 2.05) is 27.7 Å². The van der Waals surface area contributed by atoms with E-state index >= 15 is 0 Å². The van der Waals surface area contributed by atoms with E-state index in [9.17, 15) is 0 Å². The monoisotopic (exact) mass is 330 g/mol. The highest BCUT2D eigenvalue weighted by molar-refractivity contribution is 4.98. The van der Waals surface area contributed by atoms with E-state index in [4.69, 9.17) is 28.4 Å². The lowest BCUT2D eigenvalue weighted by Gasteiger charge is -2.29. The van der Waals surface area contributed by atoms with Gasteiger partial charge in [-0.05, 0) is 40.0 Å². The third kappa shape index (κ3) is 3.89. The van der Waals surface area contributed by atoms with Gasteiger partial charge in [0.05, 0.1) is 6.61 Å². The minimum Gasteiger partial charge on any atom is -0.372 e. The number of hydrogen-bond donors (Lipinski definition) is 0. The van der Waals surface area contributed by atoms with Gasteiger partial charge in [0.1, 0.15) is 24.4 Å². The van der Waals surface area contributed by atoms with Gasteiger partial charge in [-0.15, -0.1) is 0 Å². The van der Waals surface area contributed by atoms with Crippen LogP contribution in [0.3, 0.4) is 0 Å². The minimum absolute atomic E-state index is 0.171. The Bertz CT molecular complexity index is 421. The summed E-state index contributed by atoms with van der Waals surface area (Å²) in [4.78, 5) is 0. The van der Waals surface area contributed by atoms with Gasteiger partial charge in [0.25, 0.3) is 0 Å². The number of fused-ring (bicyclic) bond motifs is 1. The Kier molecular flexibility index (Phi) is 4.77. The normalized spacial score (nSPS) is 41.6. The minimum atomic E-state index is -0.647. The number of ether oxygens (including phenoxy) is 6. The van der Waals surface area contributed by atoms with Gasteiger partial charge in [-0.3, -0.25) is 0 Å². The van der Waals surface area contributed by atoms with Crippen LogP contribution in [-0.4, -0.2) is 55.5 Å². The molecule has 134 valence electrons. The maximum absolute atomic E-state index is 6.15. The first-order valence-corrected chi connectivity index (χ1v) is 8.61. The summed E-state index contributed by atoms with van der Waals surface area (Å²) >= 11 is 0. The van der Waals surface area contributed by atoms with Gasteiger partial charge in [0.15, 0.2) is 17.9 Å². The lowest BCUT2D eigenvalue weighted by atomic mass is 10.1. The van der Waals surface area contributed by atoms with Crippen molar-refractivity contribution in [3.05, 3.63) is 0 Å². The van der Waals surface area contributed by atoms with Crippen LogP contribution in [0.2, 0.25) is 0 Å². The molecule has 3 heterocycles. The molecule has 0 spiro atoms. The molecule has 3 saturated heterocycles. The Morgan fingerprint density at radius 2 is 1.74 bits per heavy atom. The molecule has 3 aliphatic rings. The lowest BCUT2D eigenvalue weighted by Crippen LogP contribution is -2.44. The molecule has 23 heavy (non-hydrogen) atoms. The largest absolute Gasteiger partial charge is 0.372 e. The smallest absolute Gasteiger partial charge is 0.190 e. The lowest BCUT2D eigenvalue weighted by molar-refractivity contribution is -0.236. The average Bonchev–Trinajstić information content (AvgIpc) is 3.00. The number of hydrogen-bond acceptors (Lipinski definition) is 6. The molecule has 0 amide bonds. The summed E-state index contributed by atoms with van der Waals surface area (Å²) in [6.07, 6.45) is -0.257. The maximum Gasteiger partial charge on any atom is 0.190 e. The van der Waals surface area contributed by atoms with Crippen LogP contribution in [0.1, 0.15) is 48.0 Å². The van der Waals surface area contributed by atoms with Crippen molar-refractivity contribution in [1.82, 2.24) is 0 Å². The molecule has 3 rings (SSSR count). The summed E-state index contributed by atoms with van der Waals surface area (Å²) in [6, 6.07) is 0. The molecule has 0 radical (unpaired) electrons. The first-order chi connectivity index (χ1) is 10.7. The molecule has 6 nitrogen and oxygen atoms in total. The highest BCUT2D eigenvalue weighted by Gasteiger charge is 2.58. The van der Waals surface area contributed by atoms with Crippen molar-refractivity contribution in [3.63, 3.8) is 0 Å². The van der Waals surface area contributed by atoms with Gasteiger partial charge in [0.2, 0.25) is 0 Å². The quantitative estimate of drug-likeness (QED) is 0.772. The summed E-state index contributed by atoms with van der Waals surface area (Å²) in [7, 11) is 0. The van der Waals surface area contributed by atoms with Gasteiger partial charge in [-0.2, -0.15) is 0 Å². The van der Waals surface area contributed by atoms with Gasteiger partial charge in [-0.25, -0.2) is 0 Å². The van der Waals surface area contributed by atoms with Crippen LogP contribution in [0.15, 0.2) is 0 Å². The van der Waals surface area contributed by atoms with Crippen LogP contribution < -0.4 is 0 Å². The molecule has 5 unspecified atom stereocenters. The molecule has 3 aliphatic heterocycles. The van der Waals surface area contributed by atoms with Gasteiger partial charge < -0.3 is 28.4 Å². The molecule has 5 atom stereocenters. The second-order valence-corrected chi connectivity index (χ2v) is 7.95. The van der Waals surface area contributed by atoms with Crippen molar-refractivity contribution < 1.29 is 28.4 Å². The summed E-state index contributed by atoms with van der Waals surface area (Å²) in [5.41, 5.74) is 0. The van der Waals surface area contributed by atoms with Crippen LogP contribution in [0.4, 0.5) is 0 Å². The van der Waals surface area contributed by atoms with Gasteiger partial charge in [0, 0.05) is 6.61 Å². The fourth-order valence-electron chi connectivity index (χ4n) is 3.31. The van der Waals surface area contributed by atoms with E-state index < -0.39 is 17.9 Å². The first kappa shape index (κ1) is 17.6. The van der Waals surface area contributed by atoms with Crippen LogP contribution in [0, 0.1) is 5.92 Å². The Balaban J connectivity index is 1.68. The predicted octanol–water partition coefficient (Wildman–Crippen LogP) is 2.45. The average molecular weight is 330 g/mol. The fraction of sp³-hybridized carbons (Fsp3) is 1.00. The van der Waals surface area contributed by atoms with Crippen molar-refractivity contribution in [2.75, 3.05) is 13.2 Å². The first-order valence-electron chi connectivity index (χ1n) is 8.61. The Labute approximate surface area is 138 Å².